The fraction of sp³-hybridized carbons (Fsp3) is 0.231. The van der Waals surface area contributed by atoms with E-state index in [1.807, 2.05) is 0 Å². The van der Waals surface area contributed by atoms with Crippen LogP contribution in [0.5, 0.6) is 0 Å². The number of esters is 1. The maximum Gasteiger partial charge on any atom is 0.435 e. The molecule has 4 nitrogen and oxygen atoms in total. The third-order valence-corrected chi connectivity index (χ3v) is 3.15. The molecule has 0 fully saturated rings. The van der Waals surface area contributed by atoms with Crippen molar-refractivity contribution >= 4 is 17.6 Å². The topological polar surface area (TPSA) is 44.1 Å². The summed E-state index contributed by atoms with van der Waals surface area (Å²) >= 11 is 5.82. The Kier molecular flexibility index (Phi) is 4.41. The maximum atomic E-state index is 13.0. The van der Waals surface area contributed by atoms with Crippen LogP contribution < -0.4 is 0 Å². The number of methoxy groups -OCH3 is 1. The van der Waals surface area contributed by atoms with Gasteiger partial charge >= 0.3 is 12.1 Å². The van der Waals surface area contributed by atoms with E-state index in [1.54, 1.807) is 0 Å². The molecular weight excluding hydrogens is 328 g/mol. The van der Waals surface area contributed by atoms with Crippen LogP contribution >= 0.6 is 11.6 Å². The Morgan fingerprint density at radius 1 is 1.36 bits per heavy atom. The zero-order valence-electron chi connectivity index (χ0n) is 11.1. The van der Waals surface area contributed by atoms with Gasteiger partial charge in [0.1, 0.15) is 11.5 Å². The molecule has 118 valence electrons. The lowest BCUT2D eigenvalue weighted by Crippen LogP contribution is -2.13. The van der Waals surface area contributed by atoms with Crippen LogP contribution in [0.4, 0.5) is 17.6 Å². The number of ether oxygens (including phenoxy) is 1. The predicted molar refractivity (Wildman–Crippen MR) is 69.1 cm³/mol. The number of rotatable bonds is 3. The Morgan fingerprint density at radius 3 is 2.59 bits per heavy atom. The summed E-state index contributed by atoms with van der Waals surface area (Å²) in [5.74, 6) is -1.56. The van der Waals surface area contributed by atoms with Crippen LogP contribution in [0.25, 0.3) is 0 Å². The normalized spacial score (nSPS) is 11.5. The molecule has 2 aromatic rings. The monoisotopic (exact) mass is 336 g/mol. The first-order valence-electron chi connectivity index (χ1n) is 5.89. The van der Waals surface area contributed by atoms with Gasteiger partial charge in [0.05, 0.1) is 13.7 Å². The van der Waals surface area contributed by atoms with Gasteiger partial charge in [0.15, 0.2) is 5.69 Å². The van der Waals surface area contributed by atoms with Crippen molar-refractivity contribution in [2.45, 2.75) is 12.7 Å². The van der Waals surface area contributed by atoms with Crippen molar-refractivity contribution in [3.8, 4) is 0 Å². The van der Waals surface area contributed by atoms with Gasteiger partial charge in [-0.15, -0.1) is 0 Å². The molecule has 1 heterocycles. The summed E-state index contributed by atoms with van der Waals surface area (Å²) in [6, 6.07) is 4.01. The molecule has 0 aliphatic heterocycles. The third-order valence-electron chi connectivity index (χ3n) is 2.80. The van der Waals surface area contributed by atoms with Gasteiger partial charge in [-0.1, -0.05) is 17.7 Å². The van der Waals surface area contributed by atoms with Crippen LogP contribution in [0.3, 0.4) is 0 Å². The molecule has 0 saturated carbocycles. The molecule has 1 aromatic heterocycles. The Balaban J connectivity index is 2.44. The van der Waals surface area contributed by atoms with Crippen molar-refractivity contribution in [2.24, 2.45) is 0 Å². The second kappa shape index (κ2) is 5.96. The van der Waals surface area contributed by atoms with Gasteiger partial charge in [0.2, 0.25) is 0 Å². The maximum absolute atomic E-state index is 13.0. The summed E-state index contributed by atoms with van der Waals surface area (Å²) in [5, 5.41) is 3.36. The van der Waals surface area contributed by atoms with Crippen molar-refractivity contribution in [1.29, 1.82) is 0 Å². The van der Waals surface area contributed by atoms with E-state index in [9.17, 15) is 22.4 Å². The lowest BCUT2D eigenvalue weighted by atomic mass is 10.2. The summed E-state index contributed by atoms with van der Waals surface area (Å²) in [6.07, 6.45) is -4.71. The van der Waals surface area contributed by atoms with E-state index < -0.39 is 23.7 Å². The van der Waals surface area contributed by atoms with Crippen LogP contribution in [0.1, 0.15) is 21.7 Å². The SMILES string of the molecule is COC(=O)c1cc(C(F)(F)F)nn1Cc1ccc(F)cc1Cl. The average Bonchev–Trinajstić information content (AvgIpc) is 2.85. The molecule has 9 heteroatoms. The van der Waals surface area contributed by atoms with Crippen molar-refractivity contribution in [3.05, 3.63) is 52.1 Å². The lowest BCUT2D eigenvalue weighted by molar-refractivity contribution is -0.141. The molecule has 0 aliphatic carbocycles. The van der Waals surface area contributed by atoms with Gasteiger partial charge in [0.25, 0.3) is 0 Å². The quantitative estimate of drug-likeness (QED) is 0.636. The van der Waals surface area contributed by atoms with Crippen molar-refractivity contribution in [1.82, 2.24) is 9.78 Å². The van der Waals surface area contributed by atoms with Crippen LogP contribution in [-0.4, -0.2) is 22.9 Å². The lowest BCUT2D eigenvalue weighted by Gasteiger charge is -2.08. The van der Waals surface area contributed by atoms with E-state index in [4.69, 9.17) is 11.6 Å². The fourth-order valence-electron chi connectivity index (χ4n) is 1.76. The number of halogens is 5. The van der Waals surface area contributed by atoms with Gasteiger partial charge in [-0.2, -0.15) is 18.3 Å². The van der Waals surface area contributed by atoms with E-state index in [0.717, 1.165) is 23.9 Å². The van der Waals surface area contributed by atoms with Crippen LogP contribution in [0.15, 0.2) is 24.3 Å². The van der Waals surface area contributed by atoms with Crippen LogP contribution in [0.2, 0.25) is 5.02 Å². The summed E-state index contributed by atoms with van der Waals surface area (Å²) < 4.78 is 56.4. The van der Waals surface area contributed by atoms with E-state index in [-0.39, 0.29) is 17.3 Å². The van der Waals surface area contributed by atoms with E-state index in [1.165, 1.54) is 6.07 Å². The zero-order valence-corrected chi connectivity index (χ0v) is 11.9. The number of carbonyl (C=O) groups excluding carboxylic acids is 1. The first-order valence-corrected chi connectivity index (χ1v) is 6.27. The minimum absolute atomic E-state index is 0.0138. The number of nitrogens with zero attached hydrogens (tertiary/aromatic N) is 2. The highest BCUT2D eigenvalue weighted by molar-refractivity contribution is 6.31. The average molecular weight is 337 g/mol. The molecule has 0 atom stereocenters. The molecule has 0 N–H and O–H groups in total. The number of hydrogen-bond acceptors (Lipinski definition) is 3. The molecular formula is C13H9ClF4N2O2. The molecule has 0 aliphatic rings. The zero-order chi connectivity index (χ0) is 16.5. The highest BCUT2D eigenvalue weighted by Crippen LogP contribution is 2.29. The van der Waals surface area contributed by atoms with Gasteiger partial charge in [0, 0.05) is 11.1 Å². The largest absolute Gasteiger partial charge is 0.464 e. The van der Waals surface area contributed by atoms with Gasteiger partial charge < -0.3 is 4.74 Å². The summed E-state index contributed by atoms with van der Waals surface area (Å²) in [4.78, 5) is 11.6. The Labute approximate surface area is 127 Å². The number of benzene rings is 1. The summed E-state index contributed by atoms with van der Waals surface area (Å²) in [7, 11) is 1.04. The highest BCUT2D eigenvalue weighted by Gasteiger charge is 2.36. The third kappa shape index (κ3) is 3.38. The minimum Gasteiger partial charge on any atom is -0.464 e. The van der Waals surface area contributed by atoms with Crippen molar-refractivity contribution in [2.75, 3.05) is 7.11 Å². The number of aromatic nitrogens is 2. The highest BCUT2D eigenvalue weighted by atomic mass is 35.5. The Hall–Kier alpha value is -2.09. The molecule has 0 bridgehead atoms. The number of alkyl halides is 3. The van der Waals surface area contributed by atoms with Gasteiger partial charge in [-0.25, -0.2) is 9.18 Å². The number of hydrogen-bond donors (Lipinski definition) is 0. The van der Waals surface area contributed by atoms with E-state index in [2.05, 4.69) is 9.84 Å². The van der Waals surface area contributed by atoms with Crippen molar-refractivity contribution < 1.29 is 27.1 Å². The molecule has 0 amide bonds. The van der Waals surface area contributed by atoms with Gasteiger partial charge in [-0.05, 0) is 17.7 Å². The molecule has 0 saturated heterocycles. The molecule has 0 spiro atoms. The van der Waals surface area contributed by atoms with Gasteiger partial charge in [-0.3, -0.25) is 4.68 Å². The molecule has 22 heavy (non-hydrogen) atoms. The van der Waals surface area contributed by atoms with Crippen LogP contribution in [-0.2, 0) is 17.5 Å². The van der Waals surface area contributed by atoms with Crippen molar-refractivity contribution in [3.63, 3.8) is 0 Å². The fourth-order valence-corrected chi connectivity index (χ4v) is 1.98. The Morgan fingerprint density at radius 2 is 2.05 bits per heavy atom. The minimum atomic E-state index is -4.71. The smallest absolute Gasteiger partial charge is 0.435 e. The van der Waals surface area contributed by atoms with Crippen LogP contribution in [0, 0.1) is 5.82 Å². The standard InChI is InChI=1S/C13H9ClF4N2O2/c1-22-12(21)10-5-11(13(16,17)18)19-20(10)6-7-2-3-8(15)4-9(7)14/h2-5H,6H2,1H3. The molecule has 0 radical (unpaired) electrons. The number of carbonyl (C=O) groups is 1. The molecule has 1 aromatic carbocycles. The van der Waals surface area contributed by atoms with E-state index in [0.29, 0.717) is 11.6 Å². The predicted octanol–water partition coefficient (Wildman–Crippen LogP) is 3.53. The first kappa shape index (κ1) is 16.3. The summed E-state index contributed by atoms with van der Waals surface area (Å²) in [5.41, 5.74) is -1.30. The first-order chi connectivity index (χ1) is 10.2. The molecule has 0 unspecified atom stereocenters. The summed E-state index contributed by atoms with van der Waals surface area (Å²) in [6.45, 7) is -0.236. The second-order valence-corrected chi connectivity index (χ2v) is 4.70. The molecule has 2 rings (SSSR count). The second-order valence-electron chi connectivity index (χ2n) is 4.30. The van der Waals surface area contributed by atoms with E-state index >= 15 is 0 Å². The Bertz CT molecular complexity index is 713.